The van der Waals surface area contributed by atoms with Crippen molar-refractivity contribution in [2.24, 2.45) is 0 Å². The lowest BCUT2D eigenvalue weighted by Gasteiger charge is -2.09. The topological polar surface area (TPSA) is 85.2 Å². The number of aromatic amines is 1. The van der Waals surface area contributed by atoms with Gasteiger partial charge in [-0.2, -0.15) is 0 Å². The van der Waals surface area contributed by atoms with E-state index in [9.17, 15) is 14.9 Å². The molecule has 96 valence electrons. The van der Waals surface area contributed by atoms with Crippen LogP contribution in [-0.4, -0.2) is 29.5 Å². The second-order valence-electron chi connectivity index (χ2n) is 4.15. The summed E-state index contributed by atoms with van der Waals surface area (Å²) in [6.45, 7) is -0.454. The van der Waals surface area contributed by atoms with Gasteiger partial charge in [0.05, 0.1) is 7.11 Å². The third-order valence-corrected chi connectivity index (χ3v) is 3.04. The molecule has 1 atom stereocenters. The molecule has 0 fully saturated rings. The molecule has 1 aromatic heterocycles. The Morgan fingerprint density at radius 3 is 2.94 bits per heavy atom. The second kappa shape index (κ2) is 5.03. The fourth-order valence-corrected chi connectivity index (χ4v) is 2.20. The number of fused-ring (bicyclic) bond motifs is 1. The Hall–Kier alpha value is -2.11. The number of nitro groups is 1. The third kappa shape index (κ3) is 2.27. The number of nitrogens with zero attached hydrogens (tertiary/aromatic N) is 1. The van der Waals surface area contributed by atoms with Gasteiger partial charge in [-0.15, -0.1) is 0 Å². The Morgan fingerprint density at radius 1 is 1.56 bits per heavy atom. The molecule has 18 heavy (non-hydrogen) atoms. The first kappa shape index (κ1) is 12.3. The van der Waals surface area contributed by atoms with E-state index in [2.05, 4.69) is 9.72 Å². The predicted molar refractivity (Wildman–Crippen MR) is 64.8 cm³/mol. The van der Waals surface area contributed by atoms with E-state index < -0.39 is 23.4 Å². The highest BCUT2D eigenvalue weighted by atomic mass is 16.6. The van der Waals surface area contributed by atoms with Crippen molar-refractivity contribution in [2.75, 3.05) is 13.7 Å². The predicted octanol–water partition coefficient (Wildman–Crippen LogP) is -0.0972. The van der Waals surface area contributed by atoms with Crippen molar-refractivity contribution in [1.82, 2.24) is 4.98 Å². The highest BCUT2D eigenvalue weighted by Crippen LogP contribution is 2.14. The number of rotatable bonds is 4. The molecule has 0 bridgehead atoms. The lowest BCUT2D eigenvalue weighted by atomic mass is 9.98. The van der Waals surface area contributed by atoms with E-state index >= 15 is 0 Å². The Labute approximate surface area is 103 Å². The summed E-state index contributed by atoms with van der Waals surface area (Å²) < 4.78 is 4.65. The summed E-state index contributed by atoms with van der Waals surface area (Å²) in [5.41, 5.74) is 0.643. The van der Waals surface area contributed by atoms with Crippen LogP contribution in [0.2, 0.25) is 0 Å². The first-order valence-corrected chi connectivity index (χ1v) is 5.70. The molecule has 0 aliphatic heterocycles. The molecule has 0 saturated carbocycles. The Balaban J connectivity index is 2.46. The standard InChI is InChI=1S/C12H14N2O4/c1-18-12(15)10(7-14(16)17)9-6-13-11-5-3-2-4-8(9)11/h4-6,10,13H,2-3,7H2,1H3/t10-/m0/s1. The van der Waals surface area contributed by atoms with Crippen LogP contribution in [0.4, 0.5) is 0 Å². The molecule has 0 saturated heterocycles. The van der Waals surface area contributed by atoms with E-state index in [0.717, 1.165) is 23.4 Å². The number of ether oxygens (including phenoxy) is 1. The van der Waals surface area contributed by atoms with Crippen LogP contribution in [0.3, 0.4) is 0 Å². The van der Waals surface area contributed by atoms with Gasteiger partial charge in [0.2, 0.25) is 6.54 Å². The number of nitrogens with one attached hydrogen (secondary N) is 1. The Morgan fingerprint density at radius 2 is 2.28 bits per heavy atom. The summed E-state index contributed by atoms with van der Waals surface area (Å²) in [5, 5.41) is 12.5. The van der Waals surface area contributed by atoms with Crippen LogP contribution in [0.25, 0.3) is 12.2 Å². The number of methoxy groups -OCH3 is 1. The van der Waals surface area contributed by atoms with E-state index in [1.165, 1.54) is 7.11 Å². The fraction of sp³-hybridized carbons (Fsp3) is 0.417. The molecule has 0 amide bonds. The van der Waals surface area contributed by atoms with Crippen molar-refractivity contribution in [3.63, 3.8) is 0 Å². The average Bonchev–Trinajstić information content (AvgIpc) is 2.78. The van der Waals surface area contributed by atoms with Gasteiger partial charge in [0.1, 0.15) is 5.92 Å². The van der Waals surface area contributed by atoms with Crippen molar-refractivity contribution < 1.29 is 14.5 Å². The molecule has 1 N–H and O–H groups in total. The molecule has 0 aromatic carbocycles. The van der Waals surface area contributed by atoms with Gasteiger partial charge < -0.3 is 9.72 Å². The quantitative estimate of drug-likeness (QED) is 0.459. The van der Waals surface area contributed by atoms with Gasteiger partial charge in [0.15, 0.2) is 0 Å². The first-order valence-electron chi connectivity index (χ1n) is 5.70. The molecule has 1 heterocycles. The number of aromatic nitrogens is 1. The summed E-state index contributed by atoms with van der Waals surface area (Å²) >= 11 is 0. The molecule has 0 unspecified atom stereocenters. The zero-order chi connectivity index (χ0) is 13.1. The maximum Gasteiger partial charge on any atom is 0.319 e. The molecule has 6 nitrogen and oxygen atoms in total. The van der Waals surface area contributed by atoms with E-state index in [-0.39, 0.29) is 0 Å². The highest BCUT2D eigenvalue weighted by Gasteiger charge is 2.28. The van der Waals surface area contributed by atoms with Gasteiger partial charge in [-0.05, 0) is 23.6 Å². The van der Waals surface area contributed by atoms with Gasteiger partial charge in [-0.3, -0.25) is 14.9 Å². The van der Waals surface area contributed by atoms with Crippen LogP contribution < -0.4 is 10.6 Å². The summed E-state index contributed by atoms with van der Waals surface area (Å²) in [5.74, 6) is -1.43. The molecule has 6 heteroatoms. The van der Waals surface area contributed by atoms with Gasteiger partial charge in [0.25, 0.3) is 0 Å². The number of hydrogen-bond donors (Lipinski definition) is 1. The molecular formula is C12H14N2O4. The minimum Gasteiger partial charge on any atom is -0.468 e. The smallest absolute Gasteiger partial charge is 0.319 e. The molecule has 0 radical (unpaired) electrons. The van der Waals surface area contributed by atoms with Gasteiger partial charge in [0, 0.05) is 16.5 Å². The van der Waals surface area contributed by atoms with Crippen LogP contribution in [-0.2, 0) is 9.53 Å². The highest BCUT2D eigenvalue weighted by molar-refractivity contribution is 5.78. The number of carbonyl (C=O) groups is 1. The third-order valence-electron chi connectivity index (χ3n) is 3.04. The maximum absolute atomic E-state index is 11.7. The van der Waals surface area contributed by atoms with Crippen LogP contribution in [0.5, 0.6) is 0 Å². The van der Waals surface area contributed by atoms with E-state index in [1.807, 2.05) is 12.2 Å². The molecule has 0 spiro atoms. The summed E-state index contributed by atoms with van der Waals surface area (Å²) in [6, 6.07) is 0. The van der Waals surface area contributed by atoms with Crippen LogP contribution >= 0.6 is 0 Å². The molecular weight excluding hydrogens is 236 g/mol. The van der Waals surface area contributed by atoms with Gasteiger partial charge >= 0.3 is 5.97 Å². The monoisotopic (exact) mass is 250 g/mol. The maximum atomic E-state index is 11.7. The minimum atomic E-state index is -0.854. The molecule has 2 rings (SSSR count). The van der Waals surface area contributed by atoms with E-state index in [4.69, 9.17) is 0 Å². The van der Waals surface area contributed by atoms with Crippen LogP contribution in [0.15, 0.2) is 6.20 Å². The van der Waals surface area contributed by atoms with Crippen molar-refractivity contribution in [2.45, 2.75) is 18.8 Å². The SMILES string of the molecule is COC(=O)[C@@H](C[N+](=O)[O-])c1c[nH]c2c1=CCCC=2. The zero-order valence-corrected chi connectivity index (χ0v) is 10.0. The molecule has 1 aliphatic rings. The summed E-state index contributed by atoms with van der Waals surface area (Å²) in [4.78, 5) is 24.9. The van der Waals surface area contributed by atoms with Gasteiger partial charge in [-0.25, -0.2) is 0 Å². The van der Waals surface area contributed by atoms with Crippen molar-refractivity contribution >= 4 is 18.1 Å². The lowest BCUT2D eigenvalue weighted by molar-refractivity contribution is -0.481. The van der Waals surface area contributed by atoms with E-state index in [1.54, 1.807) is 6.20 Å². The zero-order valence-electron chi connectivity index (χ0n) is 10.0. The van der Waals surface area contributed by atoms with Crippen molar-refractivity contribution in [3.8, 4) is 0 Å². The van der Waals surface area contributed by atoms with Gasteiger partial charge in [-0.1, -0.05) is 12.2 Å². The molecule has 1 aliphatic carbocycles. The lowest BCUT2D eigenvalue weighted by Crippen LogP contribution is -2.32. The second-order valence-corrected chi connectivity index (χ2v) is 4.15. The van der Waals surface area contributed by atoms with E-state index in [0.29, 0.717) is 5.56 Å². The summed E-state index contributed by atoms with van der Waals surface area (Å²) in [7, 11) is 1.24. The number of esters is 1. The minimum absolute atomic E-state index is 0.454. The Bertz CT molecular complexity index is 588. The molecule has 1 aromatic rings. The number of hydrogen-bond acceptors (Lipinski definition) is 4. The normalized spacial score (nSPS) is 14.9. The number of H-pyrrole nitrogens is 1. The average molecular weight is 250 g/mol. The Kier molecular flexibility index (Phi) is 3.45. The van der Waals surface area contributed by atoms with Crippen molar-refractivity contribution in [1.29, 1.82) is 0 Å². The van der Waals surface area contributed by atoms with Crippen molar-refractivity contribution in [3.05, 3.63) is 32.4 Å². The van der Waals surface area contributed by atoms with Crippen LogP contribution in [0, 0.1) is 10.1 Å². The first-order chi connectivity index (χ1) is 8.63. The fourth-order valence-electron chi connectivity index (χ4n) is 2.20. The summed E-state index contributed by atoms with van der Waals surface area (Å²) in [6.07, 6.45) is 7.50. The largest absolute Gasteiger partial charge is 0.468 e. The number of carbonyl (C=O) groups excluding carboxylic acids is 1. The van der Waals surface area contributed by atoms with Crippen LogP contribution in [0.1, 0.15) is 24.3 Å².